The van der Waals surface area contributed by atoms with Gasteiger partial charge in [0.2, 0.25) is 0 Å². The second-order valence-corrected chi connectivity index (χ2v) is 7.09. The first kappa shape index (κ1) is 14.5. The van der Waals surface area contributed by atoms with Crippen LogP contribution in [0, 0.1) is 12.7 Å². The normalized spacial score (nSPS) is 11.3. The standard InChI is InChI=1S/C17H11BrFN3S/c1-10-16(14-9-22-7-6-12(18)8-15(22)21-14)23-17(20-10)11-2-4-13(19)5-3-11/h2-9H,1H3. The number of hydrogen-bond acceptors (Lipinski definition) is 3. The topological polar surface area (TPSA) is 30.2 Å². The highest BCUT2D eigenvalue weighted by Crippen LogP contribution is 2.35. The minimum absolute atomic E-state index is 0.242. The lowest BCUT2D eigenvalue weighted by Crippen LogP contribution is -1.79. The van der Waals surface area contributed by atoms with Gasteiger partial charge in [-0.25, -0.2) is 14.4 Å². The van der Waals surface area contributed by atoms with Gasteiger partial charge in [-0.1, -0.05) is 15.9 Å². The monoisotopic (exact) mass is 387 g/mol. The van der Waals surface area contributed by atoms with Crippen LogP contribution in [0.15, 0.2) is 53.3 Å². The van der Waals surface area contributed by atoms with Crippen LogP contribution in [0.3, 0.4) is 0 Å². The lowest BCUT2D eigenvalue weighted by atomic mass is 10.2. The molecule has 4 rings (SSSR count). The van der Waals surface area contributed by atoms with Crippen molar-refractivity contribution in [3.8, 4) is 21.1 Å². The Morgan fingerprint density at radius 2 is 1.91 bits per heavy atom. The van der Waals surface area contributed by atoms with Crippen LogP contribution in [0.2, 0.25) is 0 Å². The minimum Gasteiger partial charge on any atom is -0.306 e. The maximum absolute atomic E-state index is 13.1. The van der Waals surface area contributed by atoms with Gasteiger partial charge in [0.1, 0.15) is 22.2 Å². The zero-order valence-electron chi connectivity index (χ0n) is 12.1. The lowest BCUT2D eigenvalue weighted by molar-refractivity contribution is 0.628. The first-order chi connectivity index (χ1) is 11.1. The predicted molar refractivity (Wildman–Crippen MR) is 94.1 cm³/mol. The summed E-state index contributed by atoms with van der Waals surface area (Å²) >= 11 is 5.03. The third kappa shape index (κ3) is 2.68. The summed E-state index contributed by atoms with van der Waals surface area (Å²) in [6.45, 7) is 1.97. The summed E-state index contributed by atoms with van der Waals surface area (Å²) in [7, 11) is 0. The van der Waals surface area contributed by atoms with Gasteiger partial charge in [0.05, 0.1) is 10.6 Å². The van der Waals surface area contributed by atoms with E-state index in [1.807, 2.05) is 35.9 Å². The van der Waals surface area contributed by atoms with E-state index in [4.69, 9.17) is 0 Å². The van der Waals surface area contributed by atoms with Gasteiger partial charge in [-0.05, 0) is 43.3 Å². The molecule has 0 amide bonds. The molecule has 6 heteroatoms. The number of rotatable bonds is 2. The average molecular weight is 388 g/mol. The van der Waals surface area contributed by atoms with Gasteiger partial charge in [0.15, 0.2) is 0 Å². The second kappa shape index (κ2) is 5.54. The summed E-state index contributed by atoms with van der Waals surface area (Å²) in [5, 5.41) is 0.871. The molecule has 23 heavy (non-hydrogen) atoms. The molecule has 0 saturated heterocycles. The molecule has 0 aliphatic carbocycles. The number of halogens is 2. The van der Waals surface area contributed by atoms with Gasteiger partial charge in [-0.2, -0.15) is 0 Å². The Hall–Kier alpha value is -2.05. The Balaban J connectivity index is 1.80. The molecule has 114 valence electrons. The van der Waals surface area contributed by atoms with Crippen LogP contribution in [0.4, 0.5) is 4.39 Å². The average Bonchev–Trinajstić information content (AvgIpc) is 3.10. The summed E-state index contributed by atoms with van der Waals surface area (Å²) < 4.78 is 16.0. The zero-order valence-corrected chi connectivity index (χ0v) is 14.5. The van der Waals surface area contributed by atoms with Gasteiger partial charge in [0.25, 0.3) is 0 Å². The number of nitrogens with zero attached hydrogens (tertiary/aromatic N) is 3. The molecule has 0 aliphatic rings. The maximum Gasteiger partial charge on any atom is 0.138 e. The molecular weight excluding hydrogens is 377 g/mol. The van der Waals surface area contributed by atoms with Crippen molar-refractivity contribution in [2.45, 2.75) is 6.92 Å². The highest BCUT2D eigenvalue weighted by atomic mass is 79.9. The van der Waals surface area contributed by atoms with Gasteiger partial charge < -0.3 is 4.40 Å². The maximum atomic E-state index is 13.1. The Labute approximate surface area is 144 Å². The van der Waals surface area contributed by atoms with Crippen LogP contribution in [0.25, 0.3) is 26.8 Å². The minimum atomic E-state index is -0.242. The molecule has 0 unspecified atom stereocenters. The number of benzene rings is 1. The molecule has 4 aromatic rings. The van der Waals surface area contributed by atoms with Crippen molar-refractivity contribution in [1.82, 2.24) is 14.4 Å². The third-order valence-corrected chi connectivity index (χ3v) is 5.26. The molecule has 3 heterocycles. The Bertz CT molecular complexity index is 1000. The van der Waals surface area contributed by atoms with Crippen LogP contribution in [-0.4, -0.2) is 14.4 Å². The summed E-state index contributed by atoms with van der Waals surface area (Å²) in [5.74, 6) is -0.242. The van der Waals surface area contributed by atoms with E-state index >= 15 is 0 Å². The molecule has 3 aromatic heterocycles. The first-order valence-corrected chi connectivity index (χ1v) is 8.59. The number of fused-ring (bicyclic) bond motifs is 1. The van der Waals surface area contributed by atoms with E-state index in [1.54, 1.807) is 23.5 Å². The molecule has 0 atom stereocenters. The molecule has 1 aromatic carbocycles. The van der Waals surface area contributed by atoms with E-state index in [-0.39, 0.29) is 5.82 Å². The largest absolute Gasteiger partial charge is 0.306 e. The molecule has 0 bridgehead atoms. The molecule has 0 radical (unpaired) electrons. The highest BCUT2D eigenvalue weighted by Gasteiger charge is 2.14. The number of aromatic nitrogens is 3. The Morgan fingerprint density at radius 1 is 1.13 bits per heavy atom. The van der Waals surface area contributed by atoms with E-state index in [9.17, 15) is 4.39 Å². The number of imidazole rings is 1. The SMILES string of the molecule is Cc1nc(-c2ccc(F)cc2)sc1-c1cn2ccc(Br)cc2n1. The van der Waals surface area contributed by atoms with Crippen molar-refractivity contribution in [3.05, 3.63) is 64.8 Å². The summed E-state index contributed by atoms with van der Waals surface area (Å²) in [6.07, 6.45) is 3.96. The van der Waals surface area contributed by atoms with E-state index in [1.165, 1.54) is 12.1 Å². The molecule has 0 N–H and O–H groups in total. The van der Waals surface area contributed by atoms with E-state index in [0.717, 1.165) is 37.0 Å². The van der Waals surface area contributed by atoms with E-state index in [0.29, 0.717) is 0 Å². The Kier molecular flexibility index (Phi) is 3.50. The Morgan fingerprint density at radius 3 is 2.70 bits per heavy atom. The number of aryl methyl sites for hydroxylation is 1. The molecular formula is C17H11BrFN3S. The summed E-state index contributed by atoms with van der Waals surface area (Å²) in [5.41, 5.74) is 3.62. The summed E-state index contributed by atoms with van der Waals surface area (Å²) in [6, 6.07) is 10.3. The van der Waals surface area contributed by atoms with Gasteiger partial charge >= 0.3 is 0 Å². The smallest absolute Gasteiger partial charge is 0.138 e. The van der Waals surface area contributed by atoms with Crippen LogP contribution in [-0.2, 0) is 0 Å². The number of thiazole rings is 1. The molecule has 0 fully saturated rings. The fourth-order valence-corrected chi connectivity index (χ4v) is 3.77. The van der Waals surface area contributed by atoms with Crippen LogP contribution >= 0.6 is 27.3 Å². The van der Waals surface area contributed by atoms with Crippen molar-refractivity contribution in [1.29, 1.82) is 0 Å². The molecule has 0 aliphatic heterocycles. The van der Waals surface area contributed by atoms with E-state index < -0.39 is 0 Å². The van der Waals surface area contributed by atoms with Crippen molar-refractivity contribution in [2.75, 3.05) is 0 Å². The third-order valence-electron chi connectivity index (χ3n) is 3.54. The van der Waals surface area contributed by atoms with Crippen molar-refractivity contribution in [2.24, 2.45) is 0 Å². The van der Waals surface area contributed by atoms with Crippen LogP contribution in [0.5, 0.6) is 0 Å². The predicted octanol–water partition coefficient (Wildman–Crippen LogP) is 5.33. The fraction of sp³-hybridized carbons (Fsp3) is 0.0588. The highest BCUT2D eigenvalue weighted by molar-refractivity contribution is 9.10. The molecule has 3 nitrogen and oxygen atoms in total. The van der Waals surface area contributed by atoms with Crippen molar-refractivity contribution < 1.29 is 4.39 Å². The molecule has 0 saturated carbocycles. The fourth-order valence-electron chi connectivity index (χ4n) is 2.42. The first-order valence-electron chi connectivity index (χ1n) is 6.98. The van der Waals surface area contributed by atoms with Crippen LogP contribution < -0.4 is 0 Å². The van der Waals surface area contributed by atoms with Crippen molar-refractivity contribution in [3.63, 3.8) is 0 Å². The van der Waals surface area contributed by atoms with Gasteiger partial charge in [-0.3, -0.25) is 0 Å². The van der Waals surface area contributed by atoms with Gasteiger partial charge in [0, 0.05) is 22.4 Å². The second-order valence-electron chi connectivity index (χ2n) is 5.18. The zero-order chi connectivity index (χ0) is 16.0. The molecule has 0 spiro atoms. The number of pyridine rings is 1. The van der Waals surface area contributed by atoms with Gasteiger partial charge in [-0.15, -0.1) is 11.3 Å². The summed E-state index contributed by atoms with van der Waals surface area (Å²) in [4.78, 5) is 10.3. The lowest BCUT2D eigenvalue weighted by Gasteiger charge is -1.94. The van der Waals surface area contributed by atoms with Crippen LogP contribution in [0.1, 0.15) is 5.69 Å². The van der Waals surface area contributed by atoms with E-state index in [2.05, 4.69) is 25.9 Å². The van der Waals surface area contributed by atoms with Crippen molar-refractivity contribution >= 4 is 32.9 Å². The number of hydrogen-bond donors (Lipinski definition) is 0. The quantitative estimate of drug-likeness (QED) is 0.464.